The molecule has 0 aromatic heterocycles. The van der Waals surface area contributed by atoms with E-state index >= 15 is 0 Å². The molecule has 19 heavy (non-hydrogen) atoms. The molecule has 0 aliphatic carbocycles. The van der Waals surface area contributed by atoms with Crippen molar-refractivity contribution in [2.45, 2.75) is 44.8 Å². The summed E-state index contributed by atoms with van der Waals surface area (Å²) < 4.78 is 81.0. The normalized spacial score (nSPS) is 15.5. The number of carbonyl (C=O) groups is 1. The van der Waals surface area contributed by atoms with Crippen LogP contribution in [0.2, 0.25) is 0 Å². The van der Waals surface area contributed by atoms with Gasteiger partial charge in [-0.2, -0.15) is 26.3 Å². The van der Waals surface area contributed by atoms with Gasteiger partial charge in [0.2, 0.25) is 0 Å². The monoisotopic (exact) mass is 295 g/mol. The van der Waals surface area contributed by atoms with Crippen molar-refractivity contribution in [2.24, 2.45) is 0 Å². The summed E-state index contributed by atoms with van der Waals surface area (Å²) in [6, 6.07) is -2.09. The third kappa shape index (κ3) is 3.13. The number of alkyl halides is 6. The van der Waals surface area contributed by atoms with Gasteiger partial charge in [0.05, 0.1) is 6.04 Å². The number of ether oxygens (including phenoxy) is 1. The molecular formula is C10H15F6NO2. The molecular weight excluding hydrogens is 280 g/mol. The average molecular weight is 295 g/mol. The van der Waals surface area contributed by atoms with Crippen molar-refractivity contribution in [1.82, 2.24) is 4.90 Å². The van der Waals surface area contributed by atoms with Crippen LogP contribution in [0.15, 0.2) is 0 Å². The Morgan fingerprint density at radius 3 is 1.63 bits per heavy atom. The van der Waals surface area contributed by atoms with Crippen LogP contribution >= 0.6 is 0 Å². The molecule has 0 amide bonds. The SMILES string of the molecule is CCN(CC)C(C)C(OC=O)(C(F)(F)F)C(F)(F)F. The van der Waals surface area contributed by atoms with Crippen molar-refractivity contribution >= 4 is 6.47 Å². The average Bonchev–Trinajstić information content (AvgIpc) is 2.23. The number of halogens is 6. The van der Waals surface area contributed by atoms with Crippen molar-refractivity contribution in [3.05, 3.63) is 0 Å². The molecule has 0 aliphatic rings. The first-order valence-electron chi connectivity index (χ1n) is 5.48. The topological polar surface area (TPSA) is 29.5 Å². The Balaban J connectivity index is 5.92. The van der Waals surface area contributed by atoms with E-state index in [0.717, 1.165) is 11.8 Å². The second-order valence-corrected chi connectivity index (χ2v) is 3.84. The van der Waals surface area contributed by atoms with Crippen LogP contribution in [-0.4, -0.2) is 48.5 Å². The highest BCUT2D eigenvalue weighted by Crippen LogP contribution is 2.49. The lowest BCUT2D eigenvalue weighted by molar-refractivity contribution is -0.380. The Kier molecular flexibility index (Phi) is 5.66. The Bertz CT molecular complexity index is 283. The summed E-state index contributed by atoms with van der Waals surface area (Å²) in [6.07, 6.45) is -11.5. The molecule has 0 radical (unpaired) electrons. The van der Waals surface area contributed by atoms with Gasteiger partial charge in [0.25, 0.3) is 6.47 Å². The van der Waals surface area contributed by atoms with Gasteiger partial charge in [0.1, 0.15) is 0 Å². The van der Waals surface area contributed by atoms with E-state index in [1.807, 2.05) is 0 Å². The Morgan fingerprint density at radius 2 is 1.42 bits per heavy atom. The van der Waals surface area contributed by atoms with Gasteiger partial charge in [0, 0.05) is 0 Å². The molecule has 9 heteroatoms. The first-order chi connectivity index (χ1) is 8.49. The van der Waals surface area contributed by atoms with Crippen molar-refractivity contribution in [3.8, 4) is 0 Å². The highest BCUT2D eigenvalue weighted by molar-refractivity contribution is 5.39. The molecule has 1 unspecified atom stereocenters. The maximum atomic E-state index is 12.9. The fraction of sp³-hybridized carbons (Fsp3) is 0.900. The Morgan fingerprint density at radius 1 is 1.05 bits per heavy atom. The lowest BCUT2D eigenvalue weighted by Crippen LogP contribution is -2.68. The fourth-order valence-corrected chi connectivity index (χ4v) is 1.97. The lowest BCUT2D eigenvalue weighted by atomic mass is 9.91. The van der Waals surface area contributed by atoms with Crippen molar-refractivity contribution in [1.29, 1.82) is 0 Å². The zero-order valence-electron chi connectivity index (χ0n) is 10.6. The number of rotatable bonds is 6. The molecule has 114 valence electrons. The summed E-state index contributed by atoms with van der Waals surface area (Å²) >= 11 is 0. The molecule has 3 nitrogen and oxygen atoms in total. The number of likely N-dealkylation sites (N-methyl/N-ethyl adjacent to an activating group) is 1. The highest BCUT2D eigenvalue weighted by atomic mass is 19.4. The van der Waals surface area contributed by atoms with Crippen molar-refractivity contribution in [3.63, 3.8) is 0 Å². The van der Waals surface area contributed by atoms with Gasteiger partial charge >= 0.3 is 18.0 Å². The minimum absolute atomic E-state index is 0.0478. The second-order valence-electron chi connectivity index (χ2n) is 3.84. The molecule has 0 aliphatic heterocycles. The Labute approximate surface area is 106 Å². The summed E-state index contributed by atoms with van der Waals surface area (Å²) in [4.78, 5) is 11.1. The first kappa shape index (κ1) is 18.0. The van der Waals surface area contributed by atoms with Gasteiger partial charge in [-0.05, 0) is 20.0 Å². The van der Waals surface area contributed by atoms with Crippen LogP contribution in [0.1, 0.15) is 20.8 Å². The Hall–Kier alpha value is -0.990. The van der Waals surface area contributed by atoms with Gasteiger partial charge < -0.3 is 4.74 Å². The van der Waals surface area contributed by atoms with Crippen molar-refractivity contribution < 1.29 is 35.9 Å². The summed E-state index contributed by atoms with van der Waals surface area (Å²) in [6.45, 7) is 2.65. The predicted octanol–water partition coefficient (Wildman–Crippen LogP) is 2.75. The van der Waals surface area contributed by atoms with Crippen LogP contribution in [0.4, 0.5) is 26.3 Å². The van der Waals surface area contributed by atoms with Gasteiger partial charge in [-0.25, -0.2) is 0 Å². The molecule has 0 N–H and O–H groups in total. The van der Waals surface area contributed by atoms with Crippen molar-refractivity contribution in [2.75, 3.05) is 13.1 Å². The number of hydrogen-bond acceptors (Lipinski definition) is 3. The van der Waals surface area contributed by atoms with E-state index in [0.29, 0.717) is 0 Å². The minimum Gasteiger partial charge on any atom is -0.440 e. The van der Waals surface area contributed by atoms with E-state index in [2.05, 4.69) is 4.74 Å². The molecule has 0 spiro atoms. The van der Waals surface area contributed by atoms with Crippen LogP contribution in [0.3, 0.4) is 0 Å². The minimum atomic E-state index is -5.77. The van der Waals surface area contributed by atoms with Gasteiger partial charge in [-0.1, -0.05) is 13.8 Å². The summed E-state index contributed by atoms with van der Waals surface area (Å²) in [5.41, 5.74) is -4.53. The van der Waals surface area contributed by atoms with Gasteiger partial charge in [0.15, 0.2) is 0 Å². The lowest BCUT2D eigenvalue weighted by Gasteiger charge is -2.43. The van der Waals surface area contributed by atoms with Crippen LogP contribution in [-0.2, 0) is 9.53 Å². The number of hydrogen-bond donors (Lipinski definition) is 0. The molecule has 0 aromatic carbocycles. The van der Waals surface area contributed by atoms with Gasteiger partial charge in [-0.3, -0.25) is 9.69 Å². The molecule has 0 heterocycles. The molecule has 0 saturated heterocycles. The van der Waals surface area contributed by atoms with E-state index in [-0.39, 0.29) is 13.1 Å². The van der Waals surface area contributed by atoms with E-state index in [1.54, 1.807) is 0 Å². The predicted molar refractivity (Wildman–Crippen MR) is 54.4 cm³/mol. The third-order valence-electron chi connectivity index (χ3n) is 3.02. The fourth-order valence-electron chi connectivity index (χ4n) is 1.97. The molecule has 0 fully saturated rings. The second kappa shape index (κ2) is 5.98. The van der Waals surface area contributed by atoms with Crippen LogP contribution in [0, 0.1) is 0 Å². The van der Waals surface area contributed by atoms with Crippen LogP contribution in [0.5, 0.6) is 0 Å². The van der Waals surface area contributed by atoms with E-state index in [1.165, 1.54) is 13.8 Å². The third-order valence-corrected chi connectivity index (χ3v) is 3.02. The molecule has 0 aromatic rings. The zero-order valence-corrected chi connectivity index (χ0v) is 10.6. The standard InChI is InChI=1S/C10H15F6NO2/c1-4-17(5-2)7(3)8(19-6-18,9(11,12)13)10(14,15)16/h6-7H,4-5H2,1-3H3. The largest absolute Gasteiger partial charge is 0.440 e. The highest BCUT2D eigenvalue weighted by Gasteiger charge is 2.76. The molecule has 0 bridgehead atoms. The summed E-state index contributed by atoms with van der Waals surface area (Å²) in [5.74, 6) is 0. The number of carbonyl (C=O) groups excluding carboxylic acids is 1. The van der Waals surface area contributed by atoms with Gasteiger partial charge in [-0.15, -0.1) is 0 Å². The first-order valence-corrected chi connectivity index (χ1v) is 5.48. The molecule has 0 rings (SSSR count). The maximum absolute atomic E-state index is 12.9. The quantitative estimate of drug-likeness (QED) is 0.557. The van der Waals surface area contributed by atoms with Crippen LogP contribution < -0.4 is 0 Å². The summed E-state index contributed by atoms with van der Waals surface area (Å²) in [7, 11) is 0. The van der Waals surface area contributed by atoms with E-state index in [9.17, 15) is 31.1 Å². The zero-order chi connectivity index (χ0) is 15.5. The van der Waals surface area contributed by atoms with E-state index < -0.39 is 30.5 Å². The number of nitrogens with zero attached hydrogens (tertiary/aromatic N) is 1. The molecule has 0 saturated carbocycles. The van der Waals surface area contributed by atoms with E-state index in [4.69, 9.17) is 0 Å². The molecule has 1 atom stereocenters. The maximum Gasteiger partial charge on any atom is 0.439 e. The smallest absolute Gasteiger partial charge is 0.439 e. The van der Waals surface area contributed by atoms with Crippen LogP contribution in [0.25, 0.3) is 0 Å². The summed E-state index contributed by atoms with van der Waals surface area (Å²) in [5, 5.41) is 0.